The maximum atomic E-state index is 14.1. The molecule has 13 heteroatoms. The molecule has 0 saturated carbocycles. The van der Waals surface area contributed by atoms with Crippen LogP contribution in [0.25, 0.3) is 0 Å². The van der Waals surface area contributed by atoms with Gasteiger partial charge in [0, 0.05) is 0 Å². The van der Waals surface area contributed by atoms with E-state index in [1.807, 2.05) is 0 Å². The molecule has 0 aromatic heterocycles. The van der Waals surface area contributed by atoms with E-state index in [0.717, 1.165) is 18.1 Å². The number of rotatable bonds is 2. The van der Waals surface area contributed by atoms with E-state index in [0.29, 0.717) is 10.8 Å². The number of sulfonamides is 1. The highest BCUT2D eigenvalue weighted by atomic mass is 35.5. The molecule has 1 unspecified atom stereocenters. The number of amidine groups is 1. The number of para-hydroxylation sites is 1. The van der Waals surface area contributed by atoms with Gasteiger partial charge in [0.25, 0.3) is 21.0 Å². The summed E-state index contributed by atoms with van der Waals surface area (Å²) in [6.07, 6.45) is 0.573. The van der Waals surface area contributed by atoms with Gasteiger partial charge in [-0.05, 0) is 12.1 Å². The lowest BCUT2D eigenvalue weighted by atomic mass is 10.3. The highest BCUT2D eigenvalue weighted by molar-refractivity contribution is 8.07. The van der Waals surface area contributed by atoms with Crippen LogP contribution < -0.4 is 4.72 Å². The van der Waals surface area contributed by atoms with Crippen molar-refractivity contribution >= 4 is 55.8 Å². The molecule has 0 aliphatic carbocycles. The minimum atomic E-state index is -4.50. The third-order valence-electron chi connectivity index (χ3n) is 4.42. The topological polar surface area (TPSA) is 91.3 Å². The summed E-state index contributed by atoms with van der Waals surface area (Å²) in [6, 6.07) is 3.70. The number of carbonyl (C=O) groups is 1. The van der Waals surface area contributed by atoms with Crippen molar-refractivity contribution in [3.05, 3.63) is 40.9 Å². The van der Waals surface area contributed by atoms with E-state index < -0.39 is 32.8 Å². The van der Waals surface area contributed by atoms with Crippen molar-refractivity contribution in [3.8, 4) is 0 Å². The Kier molecular flexibility index (Phi) is 5.08. The Morgan fingerprint density at radius 3 is 2.75 bits per heavy atom. The molecule has 0 fully saturated rings. The van der Waals surface area contributed by atoms with Crippen molar-refractivity contribution in [2.24, 2.45) is 4.99 Å². The molecule has 2 heterocycles. The van der Waals surface area contributed by atoms with E-state index >= 15 is 0 Å². The normalized spacial score (nSPS) is 21.8. The highest BCUT2D eigenvalue weighted by Crippen LogP contribution is 2.33. The third-order valence-corrected chi connectivity index (χ3v) is 6.38. The minimum absolute atomic E-state index is 0.0621. The fourth-order valence-electron chi connectivity index (χ4n) is 2.74. The molecule has 0 spiro atoms. The smallest absolute Gasteiger partial charge is 0.420 e. The van der Waals surface area contributed by atoms with Gasteiger partial charge in [0.1, 0.15) is 11.5 Å². The predicted molar refractivity (Wildman–Crippen MR) is 105 cm³/mol. The van der Waals surface area contributed by atoms with E-state index in [1.54, 1.807) is 19.1 Å². The van der Waals surface area contributed by atoms with Crippen LogP contribution in [0, 0.1) is 5.82 Å². The summed E-state index contributed by atoms with van der Waals surface area (Å²) in [5.41, 5.74) is -0.451. The first-order valence-electron chi connectivity index (χ1n) is 7.78. The number of thiocarbonyl (C=S) groups is 1. The zero-order chi connectivity index (χ0) is 20.9. The summed E-state index contributed by atoms with van der Waals surface area (Å²) < 4.78 is 46.6. The van der Waals surface area contributed by atoms with Crippen LogP contribution in [0.4, 0.5) is 14.9 Å². The van der Waals surface area contributed by atoms with Crippen LogP contribution >= 0.6 is 23.8 Å². The zero-order valence-corrected chi connectivity index (χ0v) is 17.4. The number of nitrogens with one attached hydrogen (secondary N) is 1. The molecule has 0 radical (unpaired) electrons. The molecule has 9 nitrogen and oxygen atoms in total. The predicted octanol–water partition coefficient (Wildman–Crippen LogP) is 2.09. The Morgan fingerprint density at radius 2 is 2.14 bits per heavy atom. The Bertz CT molecular complexity index is 1020. The van der Waals surface area contributed by atoms with Crippen molar-refractivity contribution in [3.63, 3.8) is 0 Å². The lowest BCUT2D eigenvalue weighted by molar-refractivity contribution is -0.973. The molecular formula is C15H16ClFN5O4S2+. The van der Waals surface area contributed by atoms with Gasteiger partial charge < -0.3 is 4.74 Å². The number of hydrogen-bond acceptors (Lipinski definition) is 6. The van der Waals surface area contributed by atoms with Gasteiger partial charge in [-0.25, -0.2) is 14.2 Å². The molecule has 3 rings (SSSR count). The van der Waals surface area contributed by atoms with Gasteiger partial charge in [-0.1, -0.05) is 29.9 Å². The number of quaternary nitrogens is 1. The van der Waals surface area contributed by atoms with Crippen LogP contribution in [0.2, 0.25) is 5.02 Å². The molecular weight excluding hydrogens is 433 g/mol. The monoisotopic (exact) mass is 448 g/mol. The first-order valence-corrected chi connectivity index (χ1v) is 10.0. The van der Waals surface area contributed by atoms with Gasteiger partial charge >= 0.3 is 6.09 Å². The minimum Gasteiger partial charge on any atom is -0.452 e. The zero-order valence-electron chi connectivity index (χ0n) is 15.0. The van der Waals surface area contributed by atoms with E-state index in [4.69, 9.17) is 28.6 Å². The summed E-state index contributed by atoms with van der Waals surface area (Å²) in [4.78, 5) is 17.6. The number of methoxy groups -OCH3 is 1. The summed E-state index contributed by atoms with van der Waals surface area (Å²) in [7, 11) is 0.00220. The van der Waals surface area contributed by atoms with E-state index in [-0.39, 0.29) is 16.3 Å². The van der Waals surface area contributed by atoms with Crippen molar-refractivity contribution in [2.75, 3.05) is 32.6 Å². The van der Waals surface area contributed by atoms with Crippen LogP contribution in [-0.2, 0) is 14.8 Å². The molecule has 150 valence electrons. The fourth-order valence-corrected chi connectivity index (χ4v) is 4.50. The molecule has 1 aromatic rings. The van der Waals surface area contributed by atoms with Gasteiger partial charge in [-0.3, -0.25) is 4.72 Å². The van der Waals surface area contributed by atoms with Crippen LogP contribution in [-0.4, -0.2) is 67.0 Å². The molecule has 0 bridgehead atoms. The Morgan fingerprint density at radius 1 is 1.46 bits per heavy atom. The number of amides is 1. The van der Waals surface area contributed by atoms with Crippen LogP contribution in [0.5, 0.6) is 0 Å². The number of likely N-dealkylation sites (N-methyl/N-ethyl adjacent to an activating group) is 1. The van der Waals surface area contributed by atoms with Crippen LogP contribution in [0.3, 0.4) is 0 Å². The maximum absolute atomic E-state index is 14.1. The second kappa shape index (κ2) is 6.95. The molecule has 2 aliphatic heterocycles. The number of fused-ring (bicyclic) bond motifs is 1. The third kappa shape index (κ3) is 3.21. The molecule has 1 amide bonds. The Balaban J connectivity index is 2.11. The van der Waals surface area contributed by atoms with Gasteiger partial charge in [0.05, 0.1) is 32.3 Å². The van der Waals surface area contributed by atoms with Crippen LogP contribution in [0.15, 0.2) is 35.1 Å². The maximum Gasteiger partial charge on any atom is 0.420 e. The van der Waals surface area contributed by atoms with Gasteiger partial charge in [-0.15, -0.1) is 0 Å². The number of benzene rings is 1. The second-order valence-electron chi connectivity index (χ2n) is 6.14. The number of aliphatic imine (C=N–C) groups is 1. The number of carbonyl (C=O) groups excluding carboxylic acids is 1. The first-order chi connectivity index (χ1) is 13.0. The molecule has 1 atom stereocenters. The van der Waals surface area contributed by atoms with Gasteiger partial charge in [-0.2, -0.15) is 22.9 Å². The summed E-state index contributed by atoms with van der Waals surface area (Å²) in [5.74, 6) is -0.577. The lowest BCUT2D eigenvalue weighted by Crippen LogP contribution is -2.63. The van der Waals surface area contributed by atoms with E-state index in [1.165, 1.54) is 18.2 Å². The van der Waals surface area contributed by atoms with Crippen LogP contribution in [0.1, 0.15) is 0 Å². The van der Waals surface area contributed by atoms with E-state index in [9.17, 15) is 17.6 Å². The Labute approximate surface area is 171 Å². The Hall–Kier alpha value is -2.28. The number of halogens is 2. The van der Waals surface area contributed by atoms with Crippen molar-refractivity contribution < 1.29 is 26.9 Å². The molecule has 2 aliphatic rings. The summed E-state index contributed by atoms with van der Waals surface area (Å²) in [6.45, 7) is -0.153. The fraction of sp³-hybridized carbons (Fsp3) is 0.267. The van der Waals surface area contributed by atoms with Crippen molar-refractivity contribution in [1.82, 2.24) is 9.91 Å². The molecule has 1 aromatic carbocycles. The molecule has 0 saturated heterocycles. The summed E-state index contributed by atoms with van der Waals surface area (Å²) in [5, 5.41) is 0.846. The quantitative estimate of drug-likeness (QED) is 0.550. The average molecular weight is 449 g/mol. The van der Waals surface area contributed by atoms with Gasteiger partial charge in [0.2, 0.25) is 0 Å². The first kappa shape index (κ1) is 20.5. The molecule has 1 N–H and O–H groups in total. The second-order valence-corrected chi connectivity index (χ2v) is 8.54. The highest BCUT2D eigenvalue weighted by Gasteiger charge is 2.51. The standard InChI is InChI=1S/C15H16ClFN5O4S2/c1-20-12(27)7-11-18-14(21(15(23)26-3)8-22(11,20)2)28(24,25)19-13-9(16)5-4-6-10(13)17/h4-7,19H,8H2,1-3H3/q+1. The average Bonchev–Trinajstić information content (AvgIpc) is 2.86. The van der Waals surface area contributed by atoms with E-state index in [2.05, 4.69) is 9.71 Å². The SMILES string of the molecule is COC(=O)N1C[N+]2(C)C(=CC(=S)N2C)N=C1S(=O)(=O)Nc1c(F)cccc1Cl. The molecule has 28 heavy (non-hydrogen) atoms. The number of nitrogens with zero attached hydrogens (tertiary/aromatic N) is 4. The largest absolute Gasteiger partial charge is 0.452 e. The van der Waals surface area contributed by atoms with Crippen molar-refractivity contribution in [1.29, 1.82) is 0 Å². The summed E-state index contributed by atoms with van der Waals surface area (Å²) >= 11 is 11.1. The lowest BCUT2D eigenvalue weighted by Gasteiger charge is -2.41. The van der Waals surface area contributed by atoms with Crippen molar-refractivity contribution in [2.45, 2.75) is 0 Å². The van der Waals surface area contributed by atoms with Gasteiger partial charge in [0.15, 0.2) is 11.7 Å². The number of ether oxygens (including phenoxy) is 1. The number of anilines is 1. The number of hydrogen-bond donors (Lipinski definition) is 1.